The van der Waals surface area contributed by atoms with Gasteiger partial charge in [0, 0.05) is 36.9 Å². The smallest absolute Gasteiger partial charge is 0.0479 e. The zero-order chi connectivity index (χ0) is 17.1. The molecule has 3 unspecified atom stereocenters. The highest BCUT2D eigenvalue weighted by atomic mass is 14.9. The minimum atomic E-state index is -0.0289. The fourth-order valence-corrected chi connectivity index (χ4v) is 2.56. The Kier molecular flexibility index (Phi) is 10.0. The highest BCUT2D eigenvalue weighted by Gasteiger charge is 2.22. The van der Waals surface area contributed by atoms with Gasteiger partial charge in [-0.25, -0.2) is 0 Å². The Morgan fingerprint density at radius 1 is 1.05 bits per heavy atom. The quantitative estimate of drug-likeness (QED) is 0.570. The van der Waals surface area contributed by atoms with Crippen molar-refractivity contribution < 1.29 is 0 Å². The van der Waals surface area contributed by atoms with Crippen molar-refractivity contribution in [1.82, 2.24) is 10.6 Å². The zero-order valence-electron chi connectivity index (χ0n) is 15.0. The molecule has 0 bridgehead atoms. The molecule has 0 aromatic heterocycles. The zero-order valence-corrected chi connectivity index (χ0v) is 15.0. The van der Waals surface area contributed by atoms with E-state index in [1.807, 2.05) is 53.1 Å². The van der Waals surface area contributed by atoms with E-state index in [-0.39, 0.29) is 18.0 Å². The minimum absolute atomic E-state index is 0.0289. The van der Waals surface area contributed by atoms with Crippen molar-refractivity contribution in [2.75, 3.05) is 7.05 Å². The molecule has 0 aromatic carbocycles. The molecule has 0 aliphatic rings. The third kappa shape index (κ3) is 6.35. The molecule has 0 aromatic rings. The van der Waals surface area contributed by atoms with Crippen LogP contribution in [0.2, 0.25) is 0 Å². The minimum Gasteiger partial charge on any atom is -0.394 e. The van der Waals surface area contributed by atoms with Crippen molar-refractivity contribution in [1.29, 1.82) is 0 Å². The molecule has 0 saturated heterocycles. The van der Waals surface area contributed by atoms with Crippen molar-refractivity contribution in [2.24, 2.45) is 11.7 Å². The van der Waals surface area contributed by atoms with Crippen LogP contribution in [0.25, 0.3) is 0 Å². The maximum absolute atomic E-state index is 6.21. The molecule has 3 heteroatoms. The molecule has 0 amide bonds. The summed E-state index contributed by atoms with van der Waals surface area (Å²) >= 11 is 0. The number of hydrogen-bond donors (Lipinski definition) is 3. The van der Waals surface area contributed by atoms with E-state index in [1.165, 1.54) is 5.57 Å². The second-order valence-corrected chi connectivity index (χ2v) is 5.45. The van der Waals surface area contributed by atoms with Crippen molar-refractivity contribution in [2.45, 2.75) is 46.7 Å². The van der Waals surface area contributed by atoms with Crippen LogP contribution in [0.1, 0.15) is 34.6 Å². The van der Waals surface area contributed by atoms with E-state index < -0.39 is 0 Å². The lowest BCUT2D eigenvalue weighted by molar-refractivity contribution is 0.528. The highest BCUT2D eigenvalue weighted by Crippen LogP contribution is 2.23. The molecular formula is C19H33N3. The maximum Gasteiger partial charge on any atom is 0.0479 e. The number of allylic oxidation sites excluding steroid dienone is 4. The van der Waals surface area contributed by atoms with Gasteiger partial charge in [0.05, 0.1) is 0 Å². The molecule has 3 atom stereocenters. The summed E-state index contributed by atoms with van der Waals surface area (Å²) in [6.07, 6.45) is 12.3. The molecule has 124 valence electrons. The lowest BCUT2D eigenvalue weighted by Gasteiger charge is -2.28. The number of nitrogens with one attached hydrogen (secondary N) is 2. The van der Waals surface area contributed by atoms with E-state index in [1.54, 1.807) is 0 Å². The predicted molar refractivity (Wildman–Crippen MR) is 99.4 cm³/mol. The summed E-state index contributed by atoms with van der Waals surface area (Å²) < 4.78 is 0. The molecule has 0 saturated carbocycles. The van der Waals surface area contributed by atoms with E-state index in [0.717, 1.165) is 11.3 Å². The SMILES string of the molecule is C=C(NC(C)C(/C=C\C)=C/C)C(C(/C=C\C)=C/NC)C(C)N. The second-order valence-electron chi connectivity index (χ2n) is 5.45. The Morgan fingerprint density at radius 2 is 1.59 bits per heavy atom. The summed E-state index contributed by atoms with van der Waals surface area (Å²) in [6.45, 7) is 14.5. The third-order valence-electron chi connectivity index (χ3n) is 3.52. The summed E-state index contributed by atoms with van der Waals surface area (Å²) in [4.78, 5) is 0. The first-order valence-corrected chi connectivity index (χ1v) is 7.92. The molecule has 3 nitrogen and oxygen atoms in total. The molecule has 0 spiro atoms. The monoisotopic (exact) mass is 303 g/mol. The number of hydrogen-bond acceptors (Lipinski definition) is 3. The molecular weight excluding hydrogens is 270 g/mol. The molecule has 0 heterocycles. The van der Waals surface area contributed by atoms with Crippen LogP contribution in [0.3, 0.4) is 0 Å². The van der Waals surface area contributed by atoms with Gasteiger partial charge in [-0.3, -0.25) is 0 Å². The van der Waals surface area contributed by atoms with Crippen LogP contribution < -0.4 is 16.4 Å². The average Bonchev–Trinajstić information content (AvgIpc) is 2.44. The Hall–Kier alpha value is -1.74. The Labute approximate surface area is 136 Å². The van der Waals surface area contributed by atoms with Gasteiger partial charge in [-0.05, 0) is 45.8 Å². The van der Waals surface area contributed by atoms with Gasteiger partial charge in [0.15, 0.2) is 0 Å². The van der Waals surface area contributed by atoms with E-state index in [0.29, 0.717) is 0 Å². The summed E-state index contributed by atoms with van der Waals surface area (Å²) in [7, 11) is 1.89. The van der Waals surface area contributed by atoms with Gasteiger partial charge in [0.2, 0.25) is 0 Å². The van der Waals surface area contributed by atoms with Gasteiger partial charge in [-0.15, -0.1) is 0 Å². The molecule has 22 heavy (non-hydrogen) atoms. The van der Waals surface area contributed by atoms with Gasteiger partial charge in [-0.2, -0.15) is 0 Å². The summed E-state index contributed by atoms with van der Waals surface area (Å²) in [6, 6.07) is 0.162. The Bertz CT molecular complexity index is 453. The van der Waals surface area contributed by atoms with Crippen molar-refractivity contribution in [3.8, 4) is 0 Å². The van der Waals surface area contributed by atoms with E-state index >= 15 is 0 Å². The summed E-state index contributed by atoms with van der Waals surface area (Å²) in [5, 5.41) is 6.59. The van der Waals surface area contributed by atoms with Crippen LogP contribution in [-0.2, 0) is 0 Å². The average molecular weight is 303 g/mol. The van der Waals surface area contributed by atoms with Crippen LogP contribution in [0, 0.1) is 5.92 Å². The van der Waals surface area contributed by atoms with E-state index in [2.05, 4.69) is 42.4 Å². The van der Waals surface area contributed by atoms with Gasteiger partial charge < -0.3 is 16.4 Å². The van der Waals surface area contributed by atoms with E-state index in [9.17, 15) is 0 Å². The van der Waals surface area contributed by atoms with Crippen molar-refractivity contribution in [3.05, 3.63) is 60.0 Å². The normalized spacial score (nSPS) is 17.6. The van der Waals surface area contributed by atoms with Gasteiger partial charge in [0.25, 0.3) is 0 Å². The standard InChI is InChI=1S/C19H33N3/c1-8-11-17(10-3)15(5)22-16(6)19(14(4)20)18(12-9-2)13-21-7/h8-15,19,21-22H,6,20H2,1-5,7H3/b11-8-,12-9-,17-10+,18-13+. The second kappa shape index (κ2) is 10.9. The van der Waals surface area contributed by atoms with Crippen LogP contribution in [-0.4, -0.2) is 19.1 Å². The molecule has 0 radical (unpaired) electrons. The van der Waals surface area contributed by atoms with Crippen LogP contribution in [0.4, 0.5) is 0 Å². The molecule has 4 N–H and O–H groups in total. The van der Waals surface area contributed by atoms with E-state index in [4.69, 9.17) is 5.73 Å². The summed E-state index contributed by atoms with van der Waals surface area (Å²) in [5.41, 5.74) is 9.50. The van der Waals surface area contributed by atoms with Crippen LogP contribution in [0.5, 0.6) is 0 Å². The molecule has 0 aliphatic carbocycles. The molecule has 0 rings (SSSR count). The third-order valence-corrected chi connectivity index (χ3v) is 3.52. The number of rotatable bonds is 9. The fraction of sp³-hybridized carbons (Fsp3) is 0.474. The van der Waals surface area contributed by atoms with Gasteiger partial charge in [-0.1, -0.05) is 37.0 Å². The van der Waals surface area contributed by atoms with Crippen LogP contribution in [0.15, 0.2) is 60.0 Å². The summed E-state index contributed by atoms with van der Waals surface area (Å²) in [5.74, 6) is 0.0508. The first kappa shape index (κ1) is 20.3. The number of nitrogens with two attached hydrogens (primary N) is 1. The molecule has 0 aliphatic heterocycles. The fourth-order valence-electron chi connectivity index (χ4n) is 2.56. The van der Waals surface area contributed by atoms with Gasteiger partial charge >= 0.3 is 0 Å². The van der Waals surface area contributed by atoms with Crippen molar-refractivity contribution in [3.63, 3.8) is 0 Å². The molecule has 0 fully saturated rings. The highest BCUT2D eigenvalue weighted by molar-refractivity contribution is 5.31. The Balaban J connectivity index is 5.29. The lowest BCUT2D eigenvalue weighted by Crippen LogP contribution is -2.37. The topological polar surface area (TPSA) is 50.1 Å². The first-order chi connectivity index (χ1) is 10.4. The maximum atomic E-state index is 6.21. The van der Waals surface area contributed by atoms with Crippen LogP contribution >= 0.6 is 0 Å². The largest absolute Gasteiger partial charge is 0.394 e. The Morgan fingerprint density at radius 3 is 2.00 bits per heavy atom. The van der Waals surface area contributed by atoms with Gasteiger partial charge in [0.1, 0.15) is 0 Å². The lowest BCUT2D eigenvalue weighted by atomic mass is 9.89. The first-order valence-electron chi connectivity index (χ1n) is 7.92. The predicted octanol–water partition coefficient (Wildman–Crippen LogP) is 3.64. The van der Waals surface area contributed by atoms with Crippen molar-refractivity contribution >= 4 is 0 Å².